The molecular formula is C7H13NO2S. The smallest absolute Gasteiger partial charge is 0.331 e. The van der Waals surface area contributed by atoms with Crippen LogP contribution >= 0.6 is 11.8 Å². The highest BCUT2D eigenvalue weighted by molar-refractivity contribution is 8.00. The van der Waals surface area contributed by atoms with E-state index in [9.17, 15) is 4.79 Å². The van der Waals surface area contributed by atoms with Gasteiger partial charge in [0.15, 0.2) is 5.37 Å². The zero-order chi connectivity index (χ0) is 8.43. The minimum Gasteiger partial charge on any atom is -0.479 e. The Labute approximate surface area is 70.8 Å². The van der Waals surface area contributed by atoms with Gasteiger partial charge >= 0.3 is 5.97 Å². The topological polar surface area (TPSA) is 40.5 Å². The van der Waals surface area contributed by atoms with Crippen molar-refractivity contribution in [1.82, 2.24) is 4.90 Å². The molecule has 1 N–H and O–H groups in total. The van der Waals surface area contributed by atoms with E-state index in [-0.39, 0.29) is 5.37 Å². The first kappa shape index (κ1) is 8.87. The third kappa shape index (κ3) is 1.87. The lowest BCUT2D eigenvalue weighted by Crippen LogP contribution is -2.39. The lowest BCUT2D eigenvalue weighted by Gasteiger charge is -2.23. The molecule has 1 aliphatic rings. The molecule has 0 saturated carbocycles. The van der Waals surface area contributed by atoms with Crippen LogP contribution < -0.4 is 0 Å². The largest absolute Gasteiger partial charge is 0.479 e. The van der Waals surface area contributed by atoms with Crippen molar-refractivity contribution in [2.45, 2.75) is 25.3 Å². The second-order valence-corrected chi connectivity index (χ2v) is 4.08. The molecule has 0 aromatic rings. The molecule has 64 valence electrons. The van der Waals surface area contributed by atoms with Crippen molar-refractivity contribution in [3.63, 3.8) is 0 Å². The summed E-state index contributed by atoms with van der Waals surface area (Å²) in [5.41, 5.74) is 0. The molecule has 0 bridgehead atoms. The van der Waals surface area contributed by atoms with Crippen molar-refractivity contribution < 1.29 is 9.90 Å². The summed E-state index contributed by atoms with van der Waals surface area (Å²) < 4.78 is 0. The molecule has 1 aliphatic heterocycles. The number of carboxylic acids is 1. The normalized spacial score (nSPS) is 26.3. The van der Waals surface area contributed by atoms with Crippen LogP contribution in [0.2, 0.25) is 0 Å². The zero-order valence-electron chi connectivity index (χ0n) is 6.78. The lowest BCUT2D eigenvalue weighted by atomic mass is 10.3. The Morgan fingerprint density at radius 2 is 2.36 bits per heavy atom. The molecule has 1 fully saturated rings. The second-order valence-electron chi connectivity index (χ2n) is 2.89. The fourth-order valence-electron chi connectivity index (χ4n) is 1.22. The first-order valence-corrected chi connectivity index (χ1v) is 4.78. The molecule has 0 aromatic heterocycles. The van der Waals surface area contributed by atoms with Gasteiger partial charge in [0.2, 0.25) is 0 Å². The molecule has 0 amide bonds. The number of rotatable bonds is 2. The van der Waals surface area contributed by atoms with Crippen LogP contribution in [0.25, 0.3) is 0 Å². The number of thioether (sulfide) groups is 1. The molecule has 1 atom stereocenters. The Balaban J connectivity index is 2.58. The summed E-state index contributed by atoms with van der Waals surface area (Å²) in [6.45, 7) is 4.96. The highest BCUT2D eigenvalue weighted by atomic mass is 32.2. The quantitative estimate of drug-likeness (QED) is 0.675. The molecule has 1 unspecified atom stereocenters. The van der Waals surface area contributed by atoms with Crippen molar-refractivity contribution in [2.24, 2.45) is 0 Å². The van der Waals surface area contributed by atoms with Gasteiger partial charge in [-0.25, -0.2) is 4.79 Å². The highest BCUT2D eigenvalue weighted by Gasteiger charge is 2.32. The van der Waals surface area contributed by atoms with E-state index >= 15 is 0 Å². The molecule has 1 rings (SSSR count). The maximum absolute atomic E-state index is 10.7. The summed E-state index contributed by atoms with van der Waals surface area (Å²) in [6.07, 6.45) is 0. The first-order chi connectivity index (χ1) is 5.13. The number of carboxylic acid groups (broad SMARTS) is 1. The van der Waals surface area contributed by atoms with Gasteiger partial charge in [-0.1, -0.05) is 0 Å². The predicted octanol–water partition coefficient (Wildman–Crippen LogP) is 0.854. The molecule has 11 heavy (non-hydrogen) atoms. The molecule has 4 heteroatoms. The Bertz CT molecular complexity index is 161. The maximum Gasteiger partial charge on any atom is 0.331 e. The molecule has 0 aliphatic carbocycles. The summed E-state index contributed by atoms with van der Waals surface area (Å²) in [6, 6.07) is 0.339. The number of hydrogen-bond donors (Lipinski definition) is 1. The van der Waals surface area contributed by atoms with E-state index in [0.717, 1.165) is 12.3 Å². The third-order valence-electron chi connectivity index (χ3n) is 1.80. The van der Waals surface area contributed by atoms with Gasteiger partial charge in [-0.05, 0) is 13.8 Å². The van der Waals surface area contributed by atoms with E-state index in [2.05, 4.69) is 0 Å². The van der Waals surface area contributed by atoms with Crippen molar-refractivity contribution >= 4 is 17.7 Å². The van der Waals surface area contributed by atoms with Gasteiger partial charge in [0.1, 0.15) is 0 Å². The molecule has 1 saturated heterocycles. The molecule has 1 heterocycles. The van der Waals surface area contributed by atoms with Gasteiger partial charge in [-0.3, -0.25) is 4.90 Å². The Kier molecular flexibility index (Phi) is 2.78. The second kappa shape index (κ2) is 3.45. The first-order valence-electron chi connectivity index (χ1n) is 3.73. The van der Waals surface area contributed by atoms with Gasteiger partial charge in [-0.15, -0.1) is 11.8 Å². The molecule has 0 radical (unpaired) electrons. The van der Waals surface area contributed by atoms with E-state index in [1.807, 2.05) is 18.7 Å². The van der Waals surface area contributed by atoms with Gasteiger partial charge in [0, 0.05) is 18.3 Å². The van der Waals surface area contributed by atoms with Gasteiger partial charge in [0.25, 0.3) is 0 Å². The summed E-state index contributed by atoms with van der Waals surface area (Å²) in [5.74, 6) is 0.232. The van der Waals surface area contributed by atoms with Crippen LogP contribution in [0, 0.1) is 0 Å². The summed E-state index contributed by atoms with van der Waals surface area (Å²) >= 11 is 1.51. The van der Waals surface area contributed by atoms with Crippen LogP contribution in [0.15, 0.2) is 0 Å². The van der Waals surface area contributed by atoms with Crippen LogP contribution in [0.4, 0.5) is 0 Å². The predicted molar refractivity (Wildman–Crippen MR) is 45.7 cm³/mol. The summed E-state index contributed by atoms with van der Waals surface area (Å²) in [5, 5.41) is 8.46. The maximum atomic E-state index is 10.7. The van der Waals surface area contributed by atoms with E-state index in [1.165, 1.54) is 11.8 Å². The Hall–Kier alpha value is -0.220. The molecular weight excluding hydrogens is 162 g/mol. The third-order valence-corrected chi connectivity index (χ3v) is 3.01. The van der Waals surface area contributed by atoms with E-state index in [4.69, 9.17) is 5.11 Å². The number of aliphatic carboxylic acids is 1. The van der Waals surface area contributed by atoms with Crippen LogP contribution in [-0.2, 0) is 4.79 Å². The summed E-state index contributed by atoms with van der Waals surface area (Å²) in [4.78, 5) is 12.7. The average Bonchev–Trinajstić information content (AvgIpc) is 2.32. The Morgan fingerprint density at radius 1 is 1.73 bits per heavy atom. The van der Waals surface area contributed by atoms with Crippen molar-refractivity contribution in [2.75, 3.05) is 12.3 Å². The highest BCUT2D eigenvalue weighted by Crippen LogP contribution is 2.25. The number of hydrogen-bond acceptors (Lipinski definition) is 3. The standard InChI is InChI=1S/C7H13NO2S/c1-5(2)8-3-4-11-6(8)7(9)10/h5-6H,3-4H2,1-2H3,(H,9,10). The molecule has 3 nitrogen and oxygen atoms in total. The van der Waals surface area contributed by atoms with Crippen LogP contribution in [-0.4, -0.2) is 39.7 Å². The average molecular weight is 175 g/mol. The van der Waals surface area contributed by atoms with E-state index in [0.29, 0.717) is 6.04 Å². The van der Waals surface area contributed by atoms with Gasteiger partial charge < -0.3 is 5.11 Å². The van der Waals surface area contributed by atoms with E-state index < -0.39 is 5.97 Å². The zero-order valence-corrected chi connectivity index (χ0v) is 7.60. The van der Waals surface area contributed by atoms with Crippen molar-refractivity contribution in [1.29, 1.82) is 0 Å². The van der Waals surface area contributed by atoms with Crippen LogP contribution in [0.5, 0.6) is 0 Å². The lowest BCUT2D eigenvalue weighted by molar-refractivity contribution is -0.139. The molecule has 0 spiro atoms. The SMILES string of the molecule is CC(C)N1CCSC1C(=O)O. The number of nitrogens with zero attached hydrogens (tertiary/aromatic N) is 1. The molecule has 0 aromatic carbocycles. The van der Waals surface area contributed by atoms with Crippen LogP contribution in [0.1, 0.15) is 13.8 Å². The van der Waals surface area contributed by atoms with Gasteiger partial charge in [0.05, 0.1) is 0 Å². The van der Waals surface area contributed by atoms with Crippen LogP contribution in [0.3, 0.4) is 0 Å². The fraction of sp³-hybridized carbons (Fsp3) is 0.857. The fourth-order valence-corrected chi connectivity index (χ4v) is 2.45. The number of carbonyl (C=O) groups is 1. The minimum absolute atomic E-state index is 0.310. The van der Waals surface area contributed by atoms with E-state index in [1.54, 1.807) is 0 Å². The van der Waals surface area contributed by atoms with Crippen molar-refractivity contribution in [3.05, 3.63) is 0 Å². The van der Waals surface area contributed by atoms with Crippen molar-refractivity contribution in [3.8, 4) is 0 Å². The minimum atomic E-state index is -0.707. The summed E-state index contributed by atoms with van der Waals surface area (Å²) in [7, 11) is 0. The van der Waals surface area contributed by atoms with Gasteiger partial charge in [-0.2, -0.15) is 0 Å². The Morgan fingerprint density at radius 3 is 2.73 bits per heavy atom. The monoisotopic (exact) mass is 175 g/mol.